The van der Waals surface area contributed by atoms with Crippen LogP contribution in [0.15, 0.2) is 70.2 Å². The Morgan fingerprint density at radius 3 is 2.49 bits per heavy atom. The van der Waals surface area contributed by atoms with Crippen molar-refractivity contribution in [1.29, 1.82) is 0 Å². The van der Waals surface area contributed by atoms with Crippen LogP contribution >= 0.6 is 27.5 Å². The fourth-order valence-corrected chi connectivity index (χ4v) is 3.55. The number of nitrogens with one attached hydrogen (secondary N) is 2. The molecule has 0 saturated carbocycles. The van der Waals surface area contributed by atoms with Gasteiger partial charge in [0.05, 0.1) is 27.0 Å². The molecule has 3 aromatic carbocycles. The van der Waals surface area contributed by atoms with Gasteiger partial charge in [0.2, 0.25) is 0 Å². The Hall–Kier alpha value is -3.56. The number of methoxy groups -OCH3 is 2. The zero-order chi connectivity index (χ0) is 25.2. The second kappa shape index (κ2) is 12.8. The maximum atomic E-state index is 12.4. The lowest BCUT2D eigenvalue weighted by Gasteiger charge is -2.11. The Kier molecular flexibility index (Phi) is 9.51. The number of hydrogen-bond acceptors (Lipinski definition) is 6. The van der Waals surface area contributed by atoms with E-state index < -0.39 is 11.8 Å². The minimum absolute atomic E-state index is 0.265. The van der Waals surface area contributed by atoms with Crippen LogP contribution < -0.4 is 25.0 Å². The molecule has 0 aliphatic rings. The number of ether oxygens (including phenoxy) is 3. The van der Waals surface area contributed by atoms with Crippen molar-refractivity contribution in [1.82, 2.24) is 10.7 Å². The van der Waals surface area contributed by atoms with E-state index >= 15 is 0 Å². The normalized spacial score (nSPS) is 10.6. The quantitative estimate of drug-likeness (QED) is 0.279. The molecule has 8 nitrogen and oxygen atoms in total. The highest BCUT2D eigenvalue weighted by molar-refractivity contribution is 9.10. The molecule has 3 aromatic rings. The van der Waals surface area contributed by atoms with E-state index in [0.29, 0.717) is 33.4 Å². The van der Waals surface area contributed by atoms with E-state index in [9.17, 15) is 9.59 Å². The van der Waals surface area contributed by atoms with Crippen molar-refractivity contribution < 1.29 is 23.8 Å². The van der Waals surface area contributed by atoms with Crippen LogP contribution in [0.25, 0.3) is 0 Å². The molecule has 0 aromatic heterocycles. The summed E-state index contributed by atoms with van der Waals surface area (Å²) in [4.78, 5) is 24.5. The second-order valence-electron chi connectivity index (χ2n) is 7.11. The Morgan fingerprint density at radius 2 is 1.74 bits per heavy atom. The molecule has 0 heterocycles. The number of carbonyl (C=O) groups is 2. The monoisotopic (exact) mass is 559 g/mol. The Labute approximate surface area is 216 Å². The molecule has 0 bridgehead atoms. The molecule has 2 N–H and O–H groups in total. The SMILES string of the molecule is COc1ccc(C(=O)NCC(=O)N/N=C/c2cc(Br)ccc2OCc2ccccc2Cl)cc1OC. The molecule has 0 aliphatic carbocycles. The number of nitrogens with zero attached hydrogens (tertiary/aromatic N) is 1. The van der Waals surface area contributed by atoms with Gasteiger partial charge in [0.1, 0.15) is 12.4 Å². The summed E-state index contributed by atoms with van der Waals surface area (Å²) in [5.74, 6) is 0.540. The van der Waals surface area contributed by atoms with Gasteiger partial charge < -0.3 is 19.5 Å². The van der Waals surface area contributed by atoms with Crippen molar-refractivity contribution in [2.75, 3.05) is 20.8 Å². The fraction of sp³-hybridized carbons (Fsp3) is 0.160. The molecule has 0 aliphatic heterocycles. The van der Waals surface area contributed by atoms with Gasteiger partial charge in [0, 0.05) is 26.2 Å². The summed E-state index contributed by atoms with van der Waals surface area (Å²) in [5, 5.41) is 7.13. The zero-order valence-electron chi connectivity index (χ0n) is 19.0. The summed E-state index contributed by atoms with van der Waals surface area (Å²) in [7, 11) is 2.98. The van der Waals surface area contributed by atoms with Gasteiger partial charge in [0.25, 0.3) is 11.8 Å². The average molecular weight is 561 g/mol. The molecular formula is C25H23BrClN3O5. The minimum atomic E-state index is -0.497. The lowest BCUT2D eigenvalue weighted by Crippen LogP contribution is -2.34. The summed E-state index contributed by atoms with van der Waals surface area (Å²) in [6.45, 7) is 0.00947. The highest BCUT2D eigenvalue weighted by atomic mass is 79.9. The number of halogens is 2. The summed E-state index contributed by atoms with van der Waals surface area (Å²) < 4.78 is 17.1. The van der Waals surface area contributed by atoms with Crippen LogP contribution in [-0.4, -0.2) is 38.8 Å². The van der Waals surface area contributed by atoms with Crippen molar-refractivity contribution in [3.8, 4) is 17.2 Å². The Morgan fingerprint density at radius 1 is 1.00 bits per heavy atom. The number of amides is 2. The van der Waals surface area contributed by atoms with Crippen LogP contribution in [0.2, 0.25) is 5.02 Å². The average Bonchev–Trinajstić information content (AvgIpc) is 2.87. The van der Waals surface area contributed by atoms with Gasteiger partial charge in [0.15, 0.2) is 11.5 Å². The zero-order valence-corrected chi connectivity index (χ0v) is 21.4. The second-order valence-corrected chi connectivity index (χ2v) is 8.43. The number of hydrogen-bond donors (Lipinski definition) is 2. The predicted molar refractivity (Wildman–Crippen MR) is 138 cm³/mol. The Bertz CT molecular complexity index is 1240. The van der Waals surface area contributed by atoms with Gasteiger partial charge in [-0.1, -0.05) is 45.7 Å². The van der Waals surface area contributed by atoms with Crippen LogP contribution in [0.4, 0.5) is 0 Å². The maximum Gasteiger partial charge on any atom is 0.259 e. The maximum absolute atomic E-state index is 12.4. The molecule has 10 heteroatoms. The molecule has 0 saturated heterocycles. The number of carbonyl (C=O) groups excluding carboxylic acids is 2. The molecule has 3 rings (SSSR count). The van der Waals surface area contributed by atoms with Crippen molar-refractivity contribution in [3.05, 3.63) is 86.8 Å². The molecule has 35 heavy (non-hydrogen) atoms. The highest BCUT2D eigenvalue weighted by Gasteiger charge is 2.12. The third kappa shape index (κ3) is 7.46. The molecule has 0 fully saturated rings. The molecule has 0 radical (unpaired) electrons. The Balaban J connectivity index is 1.56. The predicted octanol–water partition coefficient (Wildman–Crippen LogP) is 4.58. The summed E-state index contributed by atoms with van der Waals surface area (Å²) >= 11 is 9.61. The van der Waals surface area contributed by atoms with Gasteiger partial charge in [-0.15, -0.1) is 0 Å². The van der Waals surface area contributed by atoms with Gasteiger partial charge >= 0.3 is 0 Å². The van der Waals surface area contributed by atoms with E-state index in [0.717, 1.165) is 10.0 Å². The lowest BCUT2D eigenvalue weighted by molar-refractivity contribution is -0.120. The van der Waals surface area contributed by atoms with Crippen LogP contribution in [0, 0.1) is 0 Å². The smallest absolute Gasteiger partial charge is 0.259 e. The number of benzene rings is 3. The summed E-state index contributed by atoms with van der Waals surface area (Å²) in [6, 6.07) is 17.5. The van der Waals surface area contributed by atoms with Gasteiger partial charge in [-0.05, 0) is 42.5 Å². The topological polar surface area (TPSA) is 98.2 Å². The molecule has 182 valence electrons. The summed E-state index contributed by atoms with van der Waals surface area (Å²) in [6.07, 6.45) is 1.46. The van der Waals surface area contributed by atoms with Gasteiger partial charge in [-0.3, -0.25) is 9.59 Å². The molecular weight excluding hydrogens is 538 g/mol. The van der Waals surface area contributed by atoms with E-state index in [2.05, 4.69) is 31.8 Å². The van der Waals surface area contributed by atoms with E-state index in [1.165, 1.54) is 26.5 Å². The first kappa shape index (κ1) is 26.1. The first-order valence-electron chi connectivity index (χ1n) is 10.4. The van der Waals surface area contributed by atoms with Crippen molar-refractivity contribution in [3.63, 3.8) is 0 Å². The van der Waals surface area contributed by atoms with Crippen molar-refractivity contribution in [2.45, 2.75) is 6.61 Å². The lowest BCUT2D eigenvalue weighted by atomic mass is 10.2. The van der Waals surface area contributed by atoms with Crippen LogP contribution in [0.1, 0.15) is 21.5 Å². The van der Waals surface area contributed by atoms with E-state index in [1.54, 1.807) is 30.3 Å². The standard InChI is InChI=1S/C25H23BrClN3O5/c1-33-22-9-7-16(12-23(22)34-2)25(32)28-14-24(31)30-29-13-18-11-19(26)8-10-21(18)35-15-17-5-3-4-6-20(17)27/h3-13H,14-15H2,1-2H3,(H,28,32)(H,30,31)/b29-13+. The van der Waals surface area contributed by atoms with Crippen molar-refractivity contribution in [2.24, 2.45) is 5.10 Å². The molecule has 0 spiro atoms. The third-order valence-electron chi connectivity index (χ3n) is 4.76. The van der Waals surface area contributed by atoms with Crippen LogP contribution in [0.3, 0.4) is 0 Å². The summed E-state index contributed by atoms with van der Waals surface area (Å²) in [5.41, 5.74) is 4.20. The number of hydrazone groups is 1. The highest BCUT2D eigenvalue weighted by Crippen LogP contribution is 2.27. The molecule has 0 atom stereocenters. The van der Waals surface area contributed by atoms with Gasteiger partial charge in [-0.25, -0.2) is 5.43 Å². The van der Waals surface area contributed by atoms with E-state index in [4.69, 9.17) is 25.8 Å². The first-order valence-corrected chi connectivity index (χ1v) is 11.6. The number of rotatable bonds is 10. The fourth-order valence-electron chi connectivity index (χ4n) is 2.98. The molecule has 2 amide bonds. The van der Waals surface area contributed by atoms with Gasteiger partial charge in [-0.2, -0.15) is 5.10 Å². The minimum Gasteiger partial charge on any atom is -0.493 e. The van der Waals surface area contributed by atoms with E-state index in [1.807, 2.05) is 24.3 Å². The molecule has 0 unspecified atom stereocenters. The van der Waals surface area contributed by atoms with Crippen LogP contribution in [-0.2, 0) is 11.4 Å². The van der Waals surface area contributed by atoms with E-state index in [-0.39, 0.29) is 13.2 Å². The largest absolute Gasteiger partial charge is 0.493 e. The first-order chi connectivity index (χ1) is 16.9. The third-order valence-corrected chi connectivity index (χ3v) is 5.62. The van der Waals surface area contributed by atoms with Crippen LogP contribution in [0.5, 0.6) is 17.2 Å². The van der Waals surface area contributed by atoms with Crippen molar-refractivity contribution >= 4 is 45.6 Å².